The number of H-pyrrole nitrogens is 1. The van der Waals surface area contributed by atoms with Crippen LogP contribution in [0.15, 0.2) is 59.7 Å². The topological polar surface area (TPSA) is 50.7 Å². The maximum atomic E-state index is 12.3. The van der Waals surface area contributed by atoms with E-state index in [9.17, 15) is 4.79 Å². The normalized spacial score (nSPS) is 10.7. The van der Waals surface area contributed by atoms with E-state index in [4.69, 9.17) is 11.6 Å². The quantitative estimate of drug-likeness (QED) is 0.804. The monoisotopic (exact) mass is 285 g/mol. The molecule has 0 atom stereocenters. The summed E-state index contributed by atoms with van der Waals surface area (Å²) >= 11 is 5.85. The molecule has 0 saturated heterocycles. The Morgan fingerprint density at radius 2 is 1.95 bits per heavy atom. The molecule has 2 aromatic heterocycles. The van der Waals surface area contributed by atoms with Gasteiger partial charge in [-0.2, -0.15) is 0 Å². The van der Waals surface area contributed by atoms with Crippen LogP contribution in [0.5, 0.6) is 0 Å². The highest BCUT2D eigenvalue weighted by Gasteiger charge is 2.08. The highest BCUT2D eigenvalue weighted by atomic mass is 35.5. The minimum absolute atomic E-state index is 0.0846. The molecule has 3 aromatic rings. The lowest BCUT2D eigenvalue weighted by molar-refractivity contribution is 0.817. The summed E-state index contributed by atoms with van der Waals surface area (Å²) < 4.78 is 1.44. The average molecular weight is 286 g/mol. The molecule has 4 nitrogen and oxygen atoms in total. The molecule has 0 unspecified atom stereocenters. The van der Waals surface area contributed by atoms with Crippen molar-refractivity contribution in [2.75, 3.05) is 0 Å². The van der Waals surface area contributed by atoms with Gasteiger partial charge in [-0.1, -0.05) is 29.8 Å². The Morgan fingerprint density at radius 1 is 1.15 bits per heavy atom. The van der Waals surface area contributed by atoms with Crippen molar-refractivity contribution in [2.45, 2.75) is 6.42 Å². The molecule has 0 spiro atoms. The summed E-state index contributed by atoms with van der Waals surface area (Å²) in [5.74, 6) is 0.583. The van der Waals surface area contributed by atoms with Crippen LogP contribution in [0, 0.1) is 0 Å². The van der Waals surface area contributed by atoms with E-state index in [2.05, 4.69) is 10.1 Å². The van der Waals surface area contributed by atoms with E-state index in [0.29, 0.717) is 22.8 Å². The third-order valence-electron chi connectivity index (χ3n) is 3.03. The molecule has 0 amide bonds. The fraction of sp³-hybridized carbons (Fsp3) is 0.0667. The number of pyridine rings is 1. The van der Waals surface area contributed by atoms with Crippen LogP contribution in [0.25, 0.3) is 5.82 Å². The highest BCUT2D eigenvalue weighted by molar-refractivity contribution is 6.30. The molecule has 100 valence electrons. The molecule has 0 bridgehead atoms. The number of hydrogen-bond acceptors (Lipinski definition) is 2. The SMILES string of the molecule is O=c1c(Cc2ccc(Cl)cc2)c[nH]n1-c1ccccn1. The molecular formula is C15H12ClN3O. The van der Waals surface area contributed by atoms with Gasteiger partial charge in [-0.25, -0.2) is 9.67 Å². The molecule has 20 heavy (non-hydrogen) atoms. The van der Waals surface area contributed by atoms with Gasteiger partial charge in [-0.3, -0.25) is 9.89 Å². The van der Waals surface area contributed by atoms with Gasteiger partial charge < -0.3 is 0 Å². The smallest absolute Gasteiger partial charge is 0.276 e. The predicted octanol–water partition coefficient (Wildman–Crippen LogP) is 2.80. The third-order valence-corrected chi connectivity index (χ3v) is 3.28. The zero-order valence-corrected chi connectivity index (χ0v) is 11.3. The van der Waals surface area contributed by atoms with Crippen LogP contribution in [0.1, 0.15) is 11.1 Å². The van der Waals surface area contributed by atoms with E-state index in [0.717, 1.165) is 5.56 Å². The van der Waals surface area contributed by atoms with Crippen molar-refractivity contribution in [1.82, 2.24) is 14.8 Å². The fourth-order valence-electron chi connectivity index (χ4n) is 2.01. The minimum atomic E-state index is -0.0846. The maximum absolute atomic E-state index is 12.3. The van der Waals surface area contributed by atoms with Crippen LogP contribution in [-0.2, 0) is 6.42 Å². The molecular weight excluding hydrogens is 274 g/mol. The zero-order chi connectivity index (χ0) is 13.9. The van der Waals surface area contributed by atoms with Gasteiger partial charge in [-0.05, 0) is 29.8 Å². The Bertz CT molecular complexity index is 760. The molecule has 0 aliphatic rings. The molecule has 2 heterocycles. The van der Waals surface area contributed by atoms with E-state index in [1.807, 2.05) is 36.4 Å². The van der Waals surface area contributed by atoms with Crippen LogP contribution in [0.2, 0.25) is 5.02 Å². The number of nitrogens with one attached hydrogen (secondary N) is 1. The lowest BCUT2D eigenvalue weighted by Gasteiger charge is -1.99. The number of nitrogens with zero attached hydrogens (tertiary/aromatic N) is 2. The van der Waals surface area contributed by atoms with Crippen molar-refractivity contribution in [2.24, 2.45) is 0 Å². The molecule has 0 fully saturated rings. The van der Waals surface area contributed by atoms with Gasteiger partial charge in [0.1, 0.15) is 0 Å². The second-order valence-corrected chi connectivity index (χ2v) is 4.87. The summed E-state index contributed by atoms with van der Waals surface area (Å²) in [6.45, 7) is 0. The first kappa shape index (κ1) is 12.7. The molecule has 1 aromatic carbocycles. The van der Waals surface area contributed by atoms with Crippen molar-refractivity contribution >= 4 is 11.6 Å². The largest absolute Gasteiger partial charge is 0.296 e. The second-order valence-electron chi connectivity index (χ2n) is 4.43. The molecule has 0 aliphatic heterocycles. The average Bonchev–Trinajstić information content (AvgIpc) is 2.84. The van der Waals surface area contributed by atoms with Crippen molar-refractivity contribution in [3.63, 3.8) is 0 Å². The molecule has 1 N–H and O–H groups in total. The van der Waals surface area contributed by atoms with Crippen LogP contribution < -0.4 is 5.56 Å². The van der Waals surface area contributed by atoms with Crippen molar-refractivity contribution in [3.05, 3.63) is 81.4 Å². The van der Waals surface area contributed by atoms with Gasteiger partial charge in [0.25, 0.3) is 5.56 Å². The first-order valence-corrected chi connectivity index (χ1v) is 6.57. The number of hydrogen-bond donors (Lipinski definition) is 1. The molecule has 0 radical (unpaired) electrons. The van der Waals surface area contributed by atoms with Gasteiger partial charge >= 0.3 is 0 Å². The Hall–Kier alpha value is -2.33. The van der Waals surface area contributed by atoms with E-state index in [1.54, 1.807) is 18.5 Å². The fourth-order valence-corrected chi connectivity index (χ4v) is 2.14. The first-order chi connectivity index (χ1) is 9.74. The van der Waals surface area contributed by atoms with Crippen LogP contribution >= 0.6 is 11.6 Å². The molecule has 3 rings (SSSR count). The first-order valence-electron chi connectivity index (χ1n) is 6.19. The van der Waals surface area contributed by atoms with E-state index >= 15 is 0 Å². The summed E-state index contributed by atoms with van der Waals surface area (Å²) in [6, 6.07) is 12.9. The van der Waals surface area contributed by atoms with Gasteiger partial charge in [-0.15, -0.1) is 0 Å². The number of benzene rings is 1. The van der Waals surface area contributed by atoms with Crippen LogP contribution in [-0.4, -0.2) is 14.8 Å². The van der Waals surface area contributed by atoms with Gasteiger partial charge in [0.15, 0.2) is 5.82 Å². The second kappa shape index (κ2) is 5.35. The molecule has 0 saturated carbocycles. The van der Waals surface area contributed by atoms with Crippen LogP contribution in [0.4, 0.5) is 0 Å². The van der Waals surface area contributed by atoms with E-state index in [1.165, 1.54) is 4.68 Å². The summed E-state index contributed by atoms with van der Waals surface area (Å²) in [7, 11) is 0. The Balaban J connectivity index is 1.91. The summed E-state index contributed by atoms with van der Waals surface area (Å²) in [5.41, 5.74) is 1.65. The minimum Gasteiger partial charge on any atom is -0.296 e. The number of aromatic nitrogens is 3. The van der Waals surface area contributed by atoms with Gasteiger partial charge in [0.2, 0.25) is 0 Å². The number of halogens is 1. The number of aromatic amines is 1. The molecule has 5 heteroatoms. The van der Waals surface area contributed by atoms with Crippen molar-refractivity contribution in [3.8, 4) is 5.82 Å². The van der Waals surface area contributed by atoms with Gasteiger partial charge in [0, 0.05) is 29.4 Å². The Kier molecular flexibility index (Phi) is 3.39. The van der Waals surface area contributed by atoms with Crippen molar-refractivity contribution in [1.29, 1.82) is 0 Å². The molecule has 0 aliphatic carbocycles. The van der Waals surface area contributed by atoms with Gasteiger partial charge in [0.05, 0.1) is 0 Å². The third kappa shape index (κ3) is 2.51. The Labute approximate surface area is 120 Å². The number of rotatable bonds is 3. The maximum Gasteiger partial charge on any atom is 0.276 e. The Morgan fingerprint density at radius 3 is 2.65 bits per heavy atom. The van der Waals surface area contributed by atoms with Crippen molar-refractivity contribution < 1.29 is 0 Å². The van der Waals surface area contributed by atoms with E-state index in [-0.39, 0.29) is 5.56 Å². The summed E-state index contributed by atoms with van der Waals surface area (Å²) in [5, 5.41) is 3.63. The van der Waals surface area contributed by atoms with Crippen LogP contribution in [0.3, 0.4) is 0 Å². The summed E-state index contributed by atoms with van der Waals surface area (Å²) in [4.78, 5) is 16.5. The zero-order valence-electron chi connectivity index (χ0n) is 10.6. The lowest BCUT2D eigenvalue weighted by atomic mass is 10.1. The standard InChI is InChI=1S/C15H12ClN3O/c16-13-6-4-11(5-7-13)9-12-10-18-19(15(12)20)14-3-1-2-8-17-14/h1-8,10,18H,9H2. The predicted molar refractivity (Wildman–Crippen MR) is 78.4 cm³/mol. The highest BCUT2D eigenvalue weighted by Crippen LogP contribution is 2.12. The van der Waals surface area contributed by atoms with E-state index < -0.39 is 0 Å². The summed E-state index contributed by atoms with van der Waals surface area (Å²) in [6.07, 6.45) is 3.93. The lowest BCUT2D eigenvalue weighted by Crippen LogP contribution is -2.18.